The maximum Gasteiger partial charge on any atom is 0.231 e. The molecule has 1 aromatic carbocycles. The highest BCUT2D eigenvalue weighted by Gasteiger charge is 2.21. The number of nitrogens with one attached hydrogen (secondary N) is 3. The van der Waals surface area contributed by atoms with Gasteiger partial charge in [0.25, 0.3) is 0 Å². The van der Waals surface area contributed by atoms with Crippen molar-refractivity contribution in [3.05, 3.63) is 54.1 Å². The summed E-state index contributed by atoms with van der Waals surface area (Å²) < 4.78 is 14.3. The number of hydrogen-bond donors (Lipinski definition) is 3. The molecule has 0 bridgehead atoms. The van der Waals surface area contributed by atoms with Crippen LogP contribution in [0.4, 0.5) is 27.5 Å². The lowest BCUT2D eigenvalue weighted by atomic mass is 10.1. The van der Waals surface area contributed by atoms with Gasteiger partial charge in [-0.3, -0.25) is 4.98 Å². The van der Waals surface area contributed by atoms with Gasteiger partial charge in [0, 0.05) is 31.7 Å². The van der Waals surface area contributed by atoms with Crippen molar-refractivity contribution in [2.24, 2.45) is 0 Å². The van der Waals surface area contributed by atoms with Gasteiger partial charge in [-0.25, -0.2) is 4.39 Å². The van der Waals surface area contributed by atoms with E-state index in [1.165, 1.54) is 11.6 Å². The lowest BCUT2D eigenvalue weighted by Gasteiger charge is -2.27. The minimum Gasteiger partial charge on any atom is -0.386 e. The van der Waals surface area contributed by atoms with Gasteiger partial charge in [-0.05, 0) is 37.6 Å². The maximum absolute atomic E-state index is 14.3. The van der Waals surface area contributed by atoms with Gasteiger partial charge in [0.15, 0.2) is 0 Å². The summed E-state index contributed by atoms with van der Waals surface area (Å²) in [5.41, 5.74) is 4.33. The number of halogens is 1. The van der Waals surface area contributed by atoms with Gasteiger partial charge >= 0.3 is 0 Å². The van der Waals surface area contributed by atoms with Crippen LogP contribution in [-0.4, -0.2) is 40.1 Å². The SMILES string of the molecule is CNc1cc(F)cc2c1[nH]c1nc(Nc3cccnc3)nc(N3CC=C(C)CC3)c12. The van der Waals surface area contributed by atoms with Crippen molar-refractivity contribution in [3.8, 4) is 0 Å². The second-order valence-corrected chi connectivity index (χ2v) is 7.46. The van der Waals surface area contributed by atoms with Crippen LogP contribution in [0.15, 0.2) is 48.3 Å². The van der Waals surface area contributed by atoms with E-state index >= 15 is 0 Å². The fraction of sp³-hybridized carbons (Fsp3) is 0.227. The third-order valence-electron chi connectivity index (χ3n) is 5.43. The summed E-state index contributed by atoms with van der Waals surface area (Å²) in [6.45, 7) is 3.75. The molecule has 0 radical (unpaired) electrons. The Kier molecular flexibility index (Phi) is 4.46. The minimum atomic E-state index is -0.300. The van der Waals surface area contributed by atoms with Crippen LogP contribution in [0.1, 0.15) is 13.3 Å². The van der Waals surface area contributed by atoms with Crippen LogP contribution < -0.4 is 15.5 Å². The van der Waals surface area contributed by atoms with E-state index in [4.69, 9.17) is 4.98 Å². The van der Waals surface area contributed by atoms with Crippen molar-refractivity contribution in [3.63, 3.8) is 0 Å². The van der Waals surface area contributed by atoms with E-state index in [1.807, 2.05) is 12.1 Å². The molecule has 152 valence electrons. The Labute approximate surface area is 173 Å². The Morgan fingerprint density at radius 2 is 2.13 bits per heavy atom. The molecule has 0 atom stereocenters. The molecular formula is C22H22FN7. The average Bonchev–Trinajstić information content (AvgIpc) is 3.12. The zero-order valence-electron chi connectivity index (χ0n) is 16.8. The quantitative estimate of drug-likeness (QED) is 0.433. The lowest BCUT2D eigenvalue weighted by Crippen LogP contribution is -2.29. The van der Waals surface area contributed by atoms with E-state index in [9.17, 15) is 4.39 Å². The predicted molar refractivity (Wildman–Crippen MR) is 119 cm³/mol. The van der Waals surface area contributed by atoms with Crippen LogP contribution in [0.2, 0.25) is 0 Å². The molecule has 0 amide bonds. The van der Waals surface area contributed by atoms with Gasteiger partial charge in [0.1, 0.15) is 17.3 Å². The number of benzene rings is 1. The molecule has 30 heavy (non-hydrogen) atoms. The van der Waals surface area contributed by atoms with Gasteiger partial charge in [-0.2, -0.15) is 9.97 Å². The van der Waals surface area contributed by atoms with Gasteiger partial charge in [-0.15, -0.1) is 0 Å². The molecule has 3 N–H and O–H groups in total. The summed E-state index contributed by atoms with van der Waals surface area (Å²) in [6.07, 6.45) is 6.62. The number of anilines is 4. The van der Waals surface area contributed by atoms with Crippen molar-refractivity contribution in [2.75, 3.05) is 35.7 Å². The van der Waals surface area contributed by atoms with E-state index in [1.54, 1.807) is 25.5 Å². The number of pyridine rings is 1. The first-order valence-corrected chi connectivity index (χ1v) is 9.91. The summed E-state index contributed by atoms with van der Waals surface area (Å²) in [5, 5.41) is 7.89. The summed E-state index contributed by atoms with van der Waals surface area (Å²) in [7, 11) is 1.78. The number of aromatic amines is 1. The van der Waals surface area contributed by atoms with Gasteiger partial charge in [0.05, 0.1) is 28.5 Å². The molecule has 4 heterocycles. The van der Waals surface area contributed by atoms with Crippen molar-refractivity contribution in [2.45, 2.75) is 13.3 Å². The van der Waals surface area contributed by atoms with E-state index in [0.717, 1.165) is 47.3 Å². The van der Waals surface area contributed by atoms with Crippen LogP contribution in [0.25, 0.3) is 21.9 Å². The first-order chi connectivity index (χ1) is 14.6. The predicted octanol–water partition coefficient (Wildman–Crippen LogP) is 4.59. The van der Waals surface area contributed by atoms with Gasteiger partial charge < -0.3 is 20.5 Å². The first kappa shape index (κ1) is 18.4. The summed E-state index contributed by atoms with van der Waals surface area (Å²) in [4.78, 5) is 19.2. The molecule has 0 saturated heterocycles. The fourth-order valence-electron chi connectivity index (χ4n) is 3.86. The summed E-state index contributed by atoms with van der Waals surface area (Å²) in [5.74, 6) is 0.953. The second kappa shape index (κ2) is 7.29. The summed E-state index contributed by atoms with van der Waals surface area (Å²) >= 11 is 0. The van der Waals surface area contributed by atoms with Crippen LogP contribution in [0, 0.1) is 5.82 Å². The molecule has 0 fully saturated rings. The molecule has 0 saturated carbocycles. The fourth-order valence-corrected chi connectivity index (χ4v) is 3.86. The van der Waals surface area contributed by atoms with Crippen molar-refractivity contribution in [1.82, 2.24) is 19.9 Å². The smallest absolute Gasteiger partial charge is 0.231 e. The normalized spacial score (nSPS) is 14.2. The van der Waals surface area contributed by atoms with Crippen LogP contribution in [-0.2, 0) is 0 Å². The van der Waals surface area contributed by atoms with Crippen LogP contribution in [0.3, 0.4) is 0 Å². The molecule has 4 aromatic rings. The molecule has 0 spiro atoms. The number of fused-ring (bicyclic) bond motifs is 3. The highest BCUT2D eigenvalue weighted by atomic mass is 19.1. The molecule has 3 aromatic heterocycles. The molecule has 8 heteroatoms. The molecular weight excluding hydrogens is 381 g/mol. The van der Waals surface area contributed by atoms with Gasteiger partial charge in [0.2, 0.25) is 5.95 Å². The van der Waals surface area contributed by atoms with Crippen LogP contribution >= 0.6 is 0 Å². The standard InChI is InChI=1S/C22H22FN7/c1-13-5-8-30(9-6-13)21-18-16-10-14(23)11-17(24-2)19(16)27-20(18)28-22(29-21)26-15-4-3-7-25-12-15/h3-5,7,10-12,24H,6,8-9H2,1-2H3,(H2,26,27,28,29). The minimum absolute atomic E-state index is 0.300. The molecule has 1 aliphatic heterocycles. The molecule has 0 unspecified atom stereocenters. The van der Waals surface area contributed by atoms with Gasteiger partial charge in [-0.1, -0.05) is 11.6 Å². The average molecular weight is 403 g/mol. The van der Waals surface area contributed by atoms with E-state index in [2.05, 4.69) is 43.5 Å². The Morgan fingerprint density at radius 3 is 2.87 bits per heavy atom. The molecule has 5 rings (SSSR count). The Morgan fingerprint density at radius 1 is 1.23 bits per heavy atom. The lowest BCUT2D eigenvalue weighted by molar-refractivity contribution is 0.630. The number of nitrogens with zero attached hydrogens (tertiary/aromatic N) is 4. The third kappa shape index (κ3) is 3.20. The largest absolute Gasteiger partial charge is 0.386 e. The Bertz CT molecular complexity index is 1260. The zero-order valence-corrected chi connectivity index (χ0v) is 16.8. The van der Waals surface area contributed by atoms with Crippen LogP contribution in [0.5, 0.6) is 0 Å². The Hall–Kier alpha value is -3.68. The molecule has 0 aliphatic carbocycles. The summed E-state index contributed by atoms with van der Waals surface area (Å²) in [6, 6.07) is 6.78. The number of H-pyrrole nitrogens is 1. The van der Waals surface area contributed by atoms with Crippen molar-refractivity contribution < 1.29 is 4.39 Å². The number of aromatic nitrogens is 4. The van der Waals surface area contributed by atoms with E-state index in [0.29, 0.717) is 17.3 Å². The second-order valence-electron chi connectivity index (χ2n) is 7.46. The highest BCUT2D eigenvalue weighted by molar-refractivity contribution is 6.14. The molecule has 1 aliphatic rings. The number of rotatable bonds is 4. The van der Waals surface area contributed by atoms with Crippen molar-refractivity contribution in [1.29, 1.82) is 0 Å². The molecule has 7 nitrogen and oxygen atoms in total. The first-order valence-electron chi connectivity index (χ1n) is 9.91. The Balaban J connectivity index is 1.73. The zero-order chi connectivity index (χ0) is 20.7. The highest BCUT2D eigenvalue weighted by Crippen LogP contribution is 2.37. The topological polar surface area (TPSA) is 81.8 Å². The van der Waals surface area contributed by atoms with E-state index in [-0.39, 0.29) is 5.82 Å². The monoisotopic (exact) mass is 403 g/mol. The third-order valence-corrected chi connectivity index (χ3v) is 5.43. The number of hydrogen-bond acceptors (Lipinski definition) is 6. The maximum atomic E-state index is 14.3. The van der Waals surface area contributed by atoms with Crippen molar-refractivity contribution >= 4 is 45.1 Å². The van der Waals surface area contributed by atoms with E-state index < -0.39 is 0 Å².